The lowest BCUT2D eigenvalue weighted by Gasteiger charge is -2.31. The number of amides is 1. The fourth-order valence-electron chi connectivity index (χ4n) is 2.57. The standard InChI is InChI=1S/C15H17FN2O2/c1-10-11-4-3-5-12(16)14(11)20-13(10)15(19)18-8-6-17(2)7-9-18/h3-5H,6-9H2,1-2H3. The molecule has 1 aromatic carbocycles. The zero-order valence-electron chi connectivity index (χ0n) is 11.6. The van der Waals surface area contributed by atoms with Crippen molar-refractivity contribution in [2.75, 3.05) is 33.2 Å². The lowest BCUT2D eigenvalue weighted by atomic mass is 10.1. The van der Waals surface area contributed by atoms with Crippen LogP contribution in [0.2, 0.25) is 0 Å². The number of hydrogen-bond acceptors (Lipinski definition) is 3. The number of para-hydroxylation sites is 1. The Morgan fingerprint density at radius 1 is 1.25 bits per heavy atom. The van der Waals surface area contributed by atoms with Gasteiger partial charge >= 0.3 is 0 Å². The molecular weight excluding hydrogens is 259 g/mol. The molecule has 0 unspecified atom stereocenters. The molecule has 1 aromatic heterocycles. The quantitative estimate of drug-likeness (QED) is 0.801. The number of halogens is 1. The van der Waals surface area contributed by atoms with Crippen molar-refractivity contribution in [1.82, 2.24) is 9.80 Å². The van der Waals surface area contributed by atoms with E-state index in [0.717, 1.165) is 13.1 Å². The van der Waals surface area contributed by atoms with Crippen molar-refractivity contribution in [3.8, 4) is 0 Å². The Labute approximate surface area is 116 Å². The average Bonchev–Trinajstić information content (AvgIpc) is 2.78. The van der Waals surface area contributed by atoms with Gasteiger partial charge in [-0.1, -0.05) is 12.1 Å². The van der Waals surface area contributed by atoms with Crippen LogP contribution in [0, 0.1) is 12.7 Å². The third kappa shape index (κ3) is 2.08. The molecule has 0 bridgehead atoms. The topological polar surface area (TPSA) is 36.7 Å². The van der Waals surface area contributed by atoms with Gasteiger partial charge in [-0.05, 0) is 20.0 Å². The van der Waals surface area contributed by atoms with Crippen LogP contribution in [0.15, 0.2) is 22.6 Å². The predicted octanol–water partition coefficient (Wildman–Crippen LogP) is 2.27. The van der Waals surface area contributed by atoms with Gasteiger partial charge in [-0.3, -0.25) is 4.79 Å². The Morgan fingerprint density at radius 3 is 2.60 bits per heavy atom. The highest BCUT2D eigenvalue weighted by molar-refractivity contribution is 5.99. The second-order valence-electron chi connectivity index (χ2n) is 5.27. The third-order valence-electron chi connectivity index (χ3n) is 3.90. The van der Waals surface area contributed by atoms with Crippen molar-refractivity contribution in [3.05, 3.63) is 35.3 Å². The van der Waals surface area contributed by atoms with Gasteiger partial charge in [-0.15, -0.1) is 0 Å². The van der Waals surface area contributed by atoms with E-state index in [1.807, 2.05) is 7.05 Å². The summed E-state index contributed by atoms with van der Waals surface area (Å²) in [5, 5.41) is 0.669. The zero-order chi connectivity index (χ0) is 14.3. The average molecular weight is 276 g/mol. The SMILES string of the molecule is Cc1c(C(=O)N2CCN(C)CC2)oc2c(F)cccc12. The highest BCUT2D eigenvalue weighted by Gasteiger charge is 2.26. The van der Waals surface area contributed by atoms with E-state index in [0.29, 0.717) is 24.0 Å². The molecule has 0 atom stereocenters. The van der Waals surface area contributed by atoms with Gasteiger partial charge in [0.2, 0.25) is 0 Å². The zero-order valence-corrected chi connectivity index (χ0v) is 11.6. The van der Waals surface area contributed by atoms with Gasteiger partial charge in [0, 0.05) is 37.1 Å². The largest absolute Gasteiger partial charge is 0.448 e. The van der Waals surface area contributed by atoms with Crippen LogP contribution in [-0.2, 0) is 0 Å². The number of nitrogens with zero attached hydrogens (tertiary/aromatic N) is 2. The molecule has 1 fully saturated rings. The van der Waals surface area contributed by atoms with Gasteiger partial charge in [0.05, 0.1) is 0 Å². The summed E-state index contributed by atoms with van der Waals surface area (Å²) in [6.45, 7) is 4.84. The lowest BCUT2D eigenvalue weighted by molar-refractivity contribution is 0.0633. The van der Waals surface area contributed by atoms with Gasteiger partial charge in [-0.25, -0.2) is 4.39 Å². The maximum atomic E-state index is 13.7. The van der Waals surface area contributed by atoms with Crippen LogP contribution in [-0.4, -0.2) is 48.9 Å². The maximum absolute atomic E-state index is 13.7. The Bertz CT molecular complexity index is 657. The molecule has 20 heavy (non-hydrogen) atoms. The molecule has 1 saturated heterocycles. The highest BCUT2D eigenvalue weighted by atomic mass is 19.1. The number of piperazine rings is 1. The van der Waals surface area contributed by atoms with E-state index in [1.165, 1.54) is 6.07 Å². The van der Waals surface area contributed by atoms with Crippen LogP contribution in [0.5, 0.6) is 0 Å². The van der Waals surface area contributed by atoms with Gasteiger partial charge < -0.3 is 14.2 Å². The summed E-state index contributed by atoms with van der Waals surface area (Å²) in [7, 11) is 2.03. The molecule has 0 radical (unpaired) electrons. The van der Waals surface area contributed by atoms with Crippen LogP contribution in [0.25, 0.3) is 11.0 Å². The first-order valence-corrected chi connectivity index (χ1v) is 6.73. The molecule has 0 saturated carbocycles. The molecular formula is C15H17FN2O2. The van der Waals surface area contributed by atoms with Crippen molar-refractivity contribution in [2.45, 2.75) is 6.92 Å². The summed E-state index contributed by atoms with van der Waals surface area (Å²) in [4.78, 5) is 16.4. The molecule has 106 valence electrons. The van der Waals surface area contributed by atoms with E-state index in [4.69, 9.17) is 4.42 Å². The van der Waals surface area contributed by atoms with Crippen molar-refractivity contribution in [1.29, 1.82) is 0 Å². The van der Waals surface area contributed by atoms with Crippen molar-refractivity contribution >= 4 is 16.9 Å². The second kappa shape index (κ2) is 4.90. The molecule has 1 amide bonds. The molecule has 2 aromatic rings. The Kier molecular flexibility index (Phi) is 3.22. The molecule has 5 heteroatoms. The minimum atomic E-state index is -0.428. The molecule has 1 aliphatic rings. The summed E-state index contributed by atoms with van der Waals surface area (Å²) >= 11 is 0. The number of fused-ring (bicyclic) bond motifs is 1. The van der Waals surface area contributed by atoms with Crippen LogP contribution >= 0.6 is 0 Å². The minimum Gasteiger partial charge on any atom is -0.448 e. The summed E-state index contributed by atoms with van der Waals surface area (Å²) in [6.07, 6.45) is 0. The molecule has 2 heterocycles. The number of rotatable bonds is 1. The van der Waals surface area contributed by atoms with E-state index >= 15 is 0 Å². The Balaban J connectivity index is 1.96. The normalized spacial score (nSPS) is 16.9. The van der Waals surface area contributed by atoms with Gasteiger partial charge in [0.15, 0.2) is 17.2 Å². The van der Waals surface area contributed by atoms with E-state index < -0.39 is 5.82 Å². The Morgan fingerprint density at radius 2 is 1.95 bits per heavy atom. The maximum Gasteiger partial charge on any atom is 0.289 e. The molecule has 0 spiro atoms. The molecule has 1 aliphatic heterocycles. The monoisotopic (exact) mass is 276 g/mol. The predicted molar refractivity (Wildman–Crippen MR) is 74.3 cm³/mol. The second-order valence-corrected chi connectivity index (χ2v) is 5.27. The highest BCUT2D eigenvalue weighted by Crippen LogP contribution is 2.28. The number of benzene rings is 1. The van der Waals surface area contributed by atoms with Crippen LogP contribution < -0.4 is 0 Å². The summed E-state index contributed by atoms with van der Waals surface area (Å²) in [6, 6.07) is 4.75. The van der Waals surface area contributed by atoms with Crippen LogP contribution in [0.4, 0.5) is 4.39 Å². The van der Waals surface area contributed by atoms with Crippen molar-refractivity contribution in [3.63, 3.8) is 0 Å². The van der Waals surface area contributed by atoms with Gasteiger partial charge in [-0.2, -0.15) is 0 Å². The van der Waals surface area contributed by atoms with E-state index in [9.17, 15) is 9.18 Å². The van der Waals surface area contributed by atoms with Crippen molar-refractivity contribution in [2.24, 2.45) is 0 Å². The third-order valence-corrected chi connectivity index (χ3v) is 3.90. The fraction of sp³-hybridized carbons (Fsp3) is 0.400. The number of aryl methyl sites for hydroxylation is 1. The van der Waals surface area contributed by atoms with Crippen LogP contribution in [0.3, 0.4) is 0 Å². The van der Waals surface area contributed by atoms with Gasteiger partial charge in [0.25, 0.3) is 5.91 Å². The summed E-state index contributed by atoms with van der Waals surface area (Å²) in [5.74, 6) is -0.316. The molecule has 0 N–H and O–H groups in total. The number of carbonyl (C=O) groups is 1. The molecule has 3 rings (SSSR count). The first kappa shape index (κ1) is 13.1. The van der Waals surface area contributed by atoms with E-state index in [-0.39, 0.29) is 17.3 Å². The number of hydrogen-bond donors (Lipinski definition) is 0. The first-order valence-electron chi connectivity index (χ1n) is 6.73. The number of carbonyl (C=O) groups excluding carboxylic acids is 1. The summed E-state index contributed by atoms with van der Waals surface area (Å²) in [5.41, 5.74) is 0.880. The lowest BCUT2D eigenvalue weighted by Crippen LogP contribution is -2.47. The van der Waals surface area contributed by atoms with E-state index in [1.54, 1.807) is 24.0 Å². The van der Waals surface area contributed by atoms with Gasteiger partial charge in [0.1, 0.15) is 0 Å². The smallest absolute Gasteiger partial charge is 0.289 e. The van der Waals surface area contributed by atoms with Crippen molar-refractivity contribution < 1.29 is 13.6 Å². The minimum absolute atomic E-state index is 0.147. The van der Waals surface area contributed by atoms with E-state index in [2.05, 4.69) is 4.90 Å². The number of furan rings is 1. The fourth-order valence-corrected chi connectivity index (χ4v) is 2.57. The first-order chi connectivity index (χ1) is 9.58. The summed E-state index contributed by atoms with van der Waals surface area (Å²) < 4.78 is 19.2. The van der Waals surface area contributed by atoms with Crippen LogP contribution in [0.1, 0.15) is 16.1 Å². The molecule has 0 aliphatic carbocycles. The molecule has 4 nitrogen and oxygen atoms in total. The number of likely N-dealkylation sites (N-methyl/N-ethyl adjacent to an activating group) is 1. The Hall–Kier alpha value is -1.88.